The van der Waals surface area contributed by atoms with Crippen molar-refractivity contribution in [2.45, 2.75) is 23.8 Å². The minimum atomic E-state index is 0.572. The lowest BCUT2D eigenvalue weighted by Crippen LogP contribution is -2.43. The number of hydrogen-bond acceptors (Lipinski definition) is 5. The number of H-pyrrole nitrogens is 1. The van der Waals surface area contributed by atoms with Gasteiger partial charge in [-0.25, -0.2) is 9.97 Å². The van der Waals surface area contributed by atoms with E-state index in [1.54, 1.807) is 6.33 Å². The Kier molecular flexibility index (Phi) is 3.91. The molecule has 0 aromatic carbocycles. The van der Waals surface area contributed by atoms with E-state index in [1.807, 2.05) is 36.4 Å². The normalized spacial score (nSPS) is 20.4. The molecule has 0 amide bonds. The predicted octanol–water partition coefficient (Wildman–Crippen LogP) is 3.36. The third-order valence-corrected chi connectivity index (χ3v) is 5.76. The Morgan fingerprint density at radius 1 is 1.30 bits per heavy atom. The van der Waals surface area contributed by atoms with E-state index in [2.05, 4.69) is 44.0 Å². The lowest BCUT2D eigenvalue weighted by atomic mass is 9.81. The fourth-order valence-corrected chi connectivity index (χ4v) is 4.12. The van der Waals surface area contributed by atoms with Crippen molar-refractivity contribution >= 4 is 28.6 Å². The number of anilines is 1. The van der Waals surface area contributed by atoms with Gasteiger partial charge in [0.1, 0.15) is 17.8 Å². The van der Waals surface area contributed by atoms with Crippen molar-refractivity contribution in [1.29, 1.82) is 0 Å². The maximum Gasteiger partial charge on any atom is 0.142 e. The van der Waals surface area contributed by atoms with Crippen molar-refractivity contribution in [1.82, 2.24) is 19.9 Å². The molecule has 6 heteroatoms. The third-order valence-electron chi connectivity index (χ3n) is 4.55. The highest BCUT2D eigenvalue weighted by Crippen LogP contribution is 2.37. The first kappa shape index (κ1) is 14.5. The number of aromatic amines is 1. The molecule has 4 rings (SSSR count). The summed E-state index contributed by atoms with van der Waals surface area (Å²) in [5.41, 5.74) is 0.907. The Balaban J connectivity index is 1.35. The zero-order valence-electron chi connectivity index (χ0n) is 13.0. The van der Waals surface area contributed by atoms with Crippen LogP contribution in [0.2, 0.25) is 0 Å². The molecule has 0 aliphatic heterocycles. The fraction of sp³-hybridized carbons (Fsp3) is 0.353. The monoisotopic (exact) mass is 325 g/mol. The van der Waals surface area contributed by atoms with Crippen LogP contribution in [0.5, 0.6) is 0 Å². The molecule has 1 aliphatic carbocycles. The first-order chi connectivity index (χ1) is 11.3. The van der Waals surface area contributed by atoms with Gasteiger partial charge in [-0.05, 0) is 37.0 Å². The van der Waals surface area contributed by atoms with Gasteiger partial charge < -0.3 is 9.88 Å². The molecule has 0 atom stereocenters. The van der Waals surface area contributed by atoms with Gasteiger partial charge in [0.25, 0.3) is 0 Å². The Labute approximate surface area is 139 Å². The summed E-state index contributed by atoms with van der Waals surface area (Å²) in [5.74, 6) is 2.97. The number of thioether (sulfide) groups is 1. The van der Waals surface area contributed by atoms with E-state index < -0.39 is 0 Å². The minimum absolute atomic E-state index is 0.572. The quantitative estimate of drug-likeness (QED) is 0.729. The molecular formula is C17H19N5S. The number of aromatic nitrogens is 4. The zero-order valence-corrected chi connectivity index (χ0v) is 13.8. The molecule has 1 aliphatic rings. The van der Waals surface area contributed by atoms with Crippen molar-refractivity contribution in [3.63, 3.8) is 0 Å². The van der Waals surface area contributed by atoms with E-state index in [9.17, 15) is 0 Å². The highest BCUT2D eigenvalue weighted by Gasteiger charge is 2.33. The zero-order chi connectivity index (χ0) is 15.6. The molecule has 0 spiro atoms. The largest absolute Gasteiger partial charge is 0.356 e. The number of fused-ring (bicyclic) bond motifs is 1. The summed E-state index contributed by atoms with van der Waals surface area (Å²) < 4.78 is 0. The average molecular weight is 325 g/mol. The van der Waals surface area contributed by atoms with Gasteiger partial charge in [-0.3, -0.25) is 4.98 Å². The summed E-state index contributed by atoms with van der Waals surface area (Å²) in [6, 6.07) is 6.75. The van der Waals surface area contributed by atoms with Crippen LogP contribution in [-0.2, 0) is 0 Å². The number of nitrogens with zero attached hydrogens (tertiary/aromatic N) is 4. The molecule has 118 valence electrons. The van der Waals surface area contributed by atoms with Crippen molar-refractivity contribution < 1.29 is 0 Å². The lowest BCUT2D eigenvalue weighted by molar-refractivity contribution is 0.286. The first-order valence-corrected chi connectivity index (χ1v) is 8.83. The van der Waals surface area contributed by atoms with E-state index in [0.29, 0.717) is 6.04 Å². The lowest BCUT2D eigenvalue weighted by Gasteiger charge is -2.41. The van der Waals surface area contributed by atoms with Gasteiger partial charge in [0.15, 0.2) is 0 Å². The molecule has 3 heterocycles. The van der Waals surface area contributed by atoms with Crippen LogP contribution in [0.4, 0.5) is 5.82 Å². The molecule has 0 bridgehead atoms. The van der Waals surface area contributed by atoms with E-state index in [4.69, 9.17) is 0 Å². The summed E-state index contributed by atoms with van der Waals surface area (Å²) in [5, 5.41) is 1.10. The molecular weight excluding hydrogens is 306 g/mol. The molecule has 1 fully saturated rings. The minimum Gasteiger partial charge on any atom is -0.356 e. The summed E-state index contributed by atoms with van der Waals surface area (Å²) in [7, 11) is 2.14. The molecule has 0 saturated heterocycles. The molecule has 0 radical (unpaired) electrons. The number of hydrogen-bond donors (Lipinski definition) is 1. The third kappa shape index (κ3) is 2.91. The summed E-state index contributed by atoms with van der Waals surface area (Å²) in [4.78, 5) is 19.6. The van der Waals surface area contributed by atoms with Gasteiger partial charge in [0, 0.05) is 42.3 Å². The first-order valence-electron chi connectivity index (χ1n) is 7.85. The highest BCUT2D eigenvalue weighted by molar-refractivity contribution is 7.99. The number of nitrogens with one attached hydrogen (secondary N) is 1. The Morgan fingerprint density at radius 2 is 2.22 bits per heavy atom. The van der Waals surface area contributed by atoms with Crippen LogP contribution in [0.15, 0.2) is 48.0 Å². The van der Waals surface area contributed by atoms with Gasteiger partial charge in [-0.2, -0.15) is 0 Å². The van der Waals surface area contributed by atoms with E-state index in [0.717, 1.165) is 22.8 Å². The topological polar surface area (TPSA) is 57.7 Å². The van der Waals surface area contributed by atoms with Crippen LogP contribution < -0.4 is 4.90 Å². The van der Waals surface area contributed by atoms with E-state index in [1.165, 1.54) is 23.5 Å². The van der Waals surface area contributed by atoms with Crippen LogP contribution in [0.25, 0.3) is 11.0 Å². The fourth-order valence-electron chi connectivity index (χ4n) is 3.11. The maximum absolute atomic E-state index is 4.48. The molecule has 3 aromatic heterocycles. The molecule has 5 nitrogen and oxygen atoms in total. The van der Waals surface area contributed by atoms with Crippen molar-refractivity contribution in [2.75, 3.05) is 17.7 Å². The van der Waals surface area contributed by atoms with Crippen molar-refractivity contribution in [2.24, 2.45) is 5.92 Å². The van der Waals surface area contributed by atoms with Gasteiger partial charge in [0.2, 0.25) is 0 Å². The maximum atomic E-state index is 4.48. The second-order valence-corrected chi connectivity index (χ2v) is 7.13. The molecule has 0 unspecified atom stereocenters. The number of pyridine rings is 1. The van der Waals surface area contributed by atoms with Crippen LogP contribution in [0.1, 0.15) is 12.8 Å². The summed E-state index contributed by atoms with van der Waals surface area (Å²) in [6.07, 6.45) is 9.77. The van der Waals surface area contributed by atoms with Crippen molar-refractivity contribution in [3.8, 4) is 0 Å². The SMILES string of the molecule is CN(c1ncnc2[nH]ccc12)C1CC(CSc2cccnc2)C1. The van der Waals surface area contributed by atoms with Gasteiger partial charge in [-0.15, -0.1) is 11.8 Å². The predicted molar refractivity (Wildman–Crippen MR) is 93.8 cm³/mol. The van der Waals surface area contributed by atoms with E-state index >= 15 is 0 Å². The van der Waals surface area contributed by atoms with Crippen LogP contribution in [-0.4, -0.2) is 38.8 Å². The second-order valence-electron chi connectivity index (χ2n) is 6.04. The highest BCUT2D eigenvalue weighted by atomic mass is 32.2. The average Bonchev–Trinajstić information content (AvgIpc) is 3.02. The standard InChI is InChI=1S/C17H19N5S/c1-22(17-15-4-6-19-16(15)20-11-21-17)13-7-12(8-13)10-23-14-3-2-5-18-9-14/h2-6,9,11-13H,7-8,10H2,1H3,(H,19,20,21). The second kappa shape index (κ2) is 6.20. The molecule has 23 heavy (non-hydrogen) atoms. The van der Waals surface area contributed by atoms with Gasteiger partial charge in [0.05, 0.1) is 5.39 Å². The Hall–Kier alpha value is -2.08. The molecule has 1 saturated carbocycles. The van der Waals surface area contributed by atoms with E-state index in [-0.39, 0.29) is 0 Å². The van der Waals surface area contributed by atoms with Gasteiger partial charge in [-0.1, -0.05) is 0 Å². The summed E-state index contributed by atoms with van der Waals surface area (Å²) in [6.45, 7) is 0. The molecule has 3 aromatic rings. The smallest absolute Gasteiger partial charge is 0.142 e. The Bertz CT molecular complexity index is 782. The van der Waals surface area contributed by atoms with Crippen molar-refractivity contribution in [3.05, 3.63) is 43.1 Å². The summed E-state index contributed by atoms with van der Waals surface area (Å²) >= 11 is 1.91. The number of rotatable bonds is 5. The van der Waals surface area contributed by atoms with Crippen LogP contribution in [0, 0.1) is 5.92 Å². The molecule has 1 N–H and O–H groups in total. The van der Waals surface area contributed by atoms with Gasteiger partial charge >= 0.3 is 0 Å². The Morgan fingerprint density at radius 3 is 3.04 bits per heavy atom. The van der Waals surface area contributed by atoms with Crippen LogP contribution >= 0.6 is 11.8 Å². The van der Waals surface area contributed by atoms with Crippen LogP contribution in [0.3, 0.4) is 0 Å².